The van der Waals surface area contributed by atoms with E-state index >= 15 is 0 Å². The molecule has 4 unspecified atom stereocenters. The summed E-state index contributed by atoms with van der Waals surface area (Å²) in [5.41, 5.74) is 0. The normalized spacial score (nSPS) is 40.9. The number of hydrogen-bond acceptors (Lipinski definition) is 3. The molecule has 0 aromatic rings. The number of rotatable bonds is 4. The molecule has 0 aromatic carbocycles. The molecule has 4 nitrogen and oxygen atoms in total. The summed E-state index contributed by atoms with van der Waals surface area (Å²) in [5.74, 6) is 2.44. The SMILES string of the molecule is CS(=O)(=O)N1CCCC(CC(O)C2C3CCCC32)C1. The Balaban J connectivity index is 1.52. The van der Waals surface area contributed by atoms with Gasteiger partial charge in [0.2, 0.25) is 10.0 Å². The highest BCUT2D eigenvalue weighted by atomic mass is 32.2. The largest absolute Gasteiger partial charge is 0.393 e. The average molecular weight is 287 g/mol. The van der Waals surface area contributed by atoms with E-state index in [-0.39, 0.29) is 6.10 Å². The van der Waals surface area contributed by atoms with Gasteiger partial charge in [-0.2, -0.15) is 0 Å². The molecule has 4 atom stereocenters. The summed E-state index contributed by atoms with van der Waals surface area (Å²) in [6.45, 7) is 1.26. The van der Waals surface area contributed by atoms with Gasteiger partial charge in [0.1, 0.15) is 0 Å². The van der Waals surface area contributed by atoms with Crippen molar-refractivity contribution in [2.75, 3.05) is 19.3 Å². The van der Waals surface area contributed by atoms with Crippen molar-refractivity contribution in [2.24, 2.45) is 23.7 Å². The highest BCUT2D eigenvalue weighted by Gasteiger charge is 2.55. The van der Waals surface area contributed by atoms with Gasteiger partial charge in [-0.05, 0) is 55.8 Å². The van der Waals surface area contributed by atoms with Crippen molar-refractivity contribution in [1.82, 2.24) is 4.31 Å². The molecular formula is C14H25NO3S. The first-order valence-corrected chi connectivity index (χ1v) is 9.45. The minimum absolute atomic E-state index is 0.195. The molecule has 19 heavy (non-hydrogen) atoms. The molecular weight excluding hydrogens is 262 g/mol. The number of nitrogens with zero attached hydrogens (tertiary/aromatic N) is 1. The van der Waals surface area contributed by atoms with Crippen LogP contribution in [0.5, 0.6) is 0 Å². The summed E-state index contributed by atoms with van der Waals surface area (Å²) in [4.78, 5) is 0. The third kappa shape index (κ3) is 2.83. The van der Waals surface area contributed by atoms with Crippen molar-refractivity contribution in [1.29, 1.82) is 0 Å². The van der Waals surface area contributed by atoms with Crippen LogP contribution in [0.4, 0.5) is 0 Å². The molecule has 3 rings (SSSR count). The second-order valence-corrected chi connectivity index (χ2v) is 8.75. The number of hydrogen-bond donors (Lipinski definition) is 1. The van der Waals surface area contributed by atoms with Crippen LogP contribution >= 0.6 is 0 Å². The van der Waals surface area contributed by atoms with Crippen LogP contribution in [0, 0.1) is 23.7 Å². The van der Waals surface area contributed by atoms with Gasteiger partial charge in [0.25, 0.3) is 0 Å². The van der Waals surface area contributed by atoms with Crippen LogP contribution in [-0.2, 0) is 10.0 Å². The lowest BCUT2D eigenvalue weighted by Crippen LogP contribution is -2.40. The van der Waals surface area contributed by atoms with Gasteiger partial charge in [0.05, 0.1) is 12.4 Å². The Kier molecular flexibility index (Phi) is 3.65. The van der Waals surface area contributed by atoms with Crippen molar-refractivity contribution >= 4 is 10.0 Å². The van der Waals surface area contributed by atoms with Gasteiger partial charge in [-0.25, -0.2) is 12.7 Å². The molecule has 0 aromatic heterocycles. The van der Waals surface area contributed by atoms with Gasteiger partial charge in [0, 0.05) is 13.1 Å². The Morgan fingerprint density at radius 3 is 2.53 bits per heavy atom. The number of fused-ring (bicyclic) bond motifs is 1. The van der Waals surface area contributed by atoms with Crippen LogP contribution in [0.3, 0.4) is 0 Å². The Bertz CT molecular complexity index is 426. The smallest absolute Gasteiger partial charge is 0.211 e. The van der Waals surface area contributed by atoms with E-state index in [0.717, 1.165) is 31.1 Å². The Morgan fingerprint density at radius 1 is 1.21 bits per heavy atom. The summed E-state index contributed by atoms with van der Waals surface area (Å²) >= 11 is 0. The number of aliphatic hydroxyl groups is 1. The van der Waals surface area contributed by atoms with Gasteiger partial charge >= 0.3 is 0 Å². The van der Waals surface area contributed by atoms with Gasteiger partial charge < -0.3 is 5.11 Å². The molecule has 3 fully saturated rings. The monoisotopic (exact) mass is 287 g/mol. The number of aliphatic hydroxyl groups excluding tert-OH is 1. The lowest BCUT2D eigenvalue weighted by Gasteiger charge is -2.32. The standard InChI is InChI=1S/C14H25NO3S/c1-19(17,18)15-7-3-4-10(9-15)8-13(16)14-11-5-2-6-12(11)14/h10-14,16H,2-9H2,1H3. The van der Waals surface area contributed by atoms with E-state index in [1.54, 1.807) is 4.31 Å². The zero-order chi connectivity index (χ0) is 13.6. The molecule has 0 amide bonds. The van der Waals surface area contributed by atoms with E-state index in [0.29, 0.717) is 24.9 Å². The van der Waals surface area contributed by atoms with Gasteiger partial charge in [-0.15, -0.1) is 0 Å². The number of sulfonamides is 1. The molecule has 110 valence electrons. The van der Waals surface area contributed by atoms with Crippen LogP contribution in [0.15, 0.2) is 0 Å². The topological polar surface area (TPSA) is 57.6 Å². The van der Waals surface area contributed by atoms with Crippen LogP contribution in [0.1, 0.15) is 38.5 Å². The maximum absolute atomic E-state index is 11.6. The predicted octanol–water partition coefficient (Wildman–Crippen LogP) is 1.46. The van der Waals surface area contributed by atoms with Crippen LogP contribution < -0.4 is 0 Å². The second kappa shape index (κ2) is 5.01. The van der Waals surface area contributed by atoms with Crippen molar-refractivity contribution in [3.05, 3.63) is 0 Å². The minimum Gasteiger partial charge on any atom is -0.393 e. The summed E-state index contributed by atoms with van der Waals surface area (Å²) in [7, 11) is -3.06. The van der Waals surface area contributed by atoms with Crippen LogP contribution in [0.25, 0.3) is 0 Å². The van der Waals surface area contributed by atoms with Crippen LogP contribution in [-0.4, -0.2) is 43.3 Å². The quantitative estimate of drug-likeness (QED) is 0.851. The van der Waals surface area contributed by atoms with Crippen molar-refractivity contribution in [3.8, 4) is 0 Å². The van der Waals surface area contributed by atoms with E-state index in [1.165, 1.54) is 25.5 Å². The third-order valence-electron chi connectivity index (χ3n) is 5.44. The van der Waals surface area contributed by atoms with Gasteiger partial charge in [-0.1, -0.05) is 6.42 Å². The fourth-order valence-corrected chi connectivity index (χ4v) is 5.41. The Morgan fingerprint density at radius 2 is 1.89 bits per heavy atom. The van der Waals surface area contributed by atoms with E-state index in [9.17, 15) is 13.5 Å². The lowest BCUT2D eigenvalue weighted by atomic mass is 9.90. The van der Waals surface area contributed by atoms with Crippen molar-refractivity contribution in [2.45, 2.75) is 44.6 Å². The molecule has 1 saturated heterocycles. The first-order chi connectivity index (χ1) is 8.97. The molecule has 1 heterocycles. The molecule has 3 aliphatic rings. The Labute approximate surface area is 116 Å². The highest BCUT2D eigenvalue weighted by Crippen LogP contribution is 2.59. The molecule has 0 radical (unpaired) electrons. The van der Waals surface area contributed by atoms with Gasteiger partial charge in [-0.3, -0.25) is 0 Å². The van der Waals surface area contributed by atoms with Crippen LogP contribution in [0.2, 0.25) is 0 Å². The van der Waals surface area contributed by atoms with E-state index < -0.39 is 10.0 Å². The summed E-state index contributed by atoms with van der Waals surface area (Å²) < 4.78 is 24.8. The summed E-state index contributed by atoms with van der Waals surface area (Å²) in [6.07, 6.45) is 7.82. The lowest BCUT2D eigenvalue weighted by molar-refractivity contribution is 0.0920. The maximum atomic E-state index is 11.6. The summed E-state index contributed by atoms with van der Waals surface area (Å²) in [6, 6.07) is 0. The molecule has 2 aliphatic carbocycles. The van der Waals surface area contributed by atoms with Crippen molar-refractivity contribution < 1.29 is 13.5 Å². The maximum Gasteiger partial charge on any atom is 0.211 e. The second-order valence-electron chi connectivity index (χ2n) is 6.77. The van der Waals surface area contributed by atoms with E-state index in [2.05, 4.69) is 0 Å². The molecule has 0 spiro atoms. The predicted molar refractivity (Wildman–Crippen MR) is 74.1 cm³/mol. The van der Waals surface area contributed by atoms with E-state index in [1.807, 2.05) is 0 Å². The fourth-order valence-electron chi connectivity index (χ4n) is 4.47. The zero-order valence-corrected chi connectivity index (χ0v) is 12.5. The molecule has 0 bridgehead atoms. The minimum atomic E-state index is -3.06. The molecule has 2 saturated carbocycles. The highest BCUT2D eigenvalue weighted by molar-refractivity contribution is 7.88. The summed E-state index contributed by atoms with van der Waals surface area (Å²) in [5, 5.41) is 10.4. The Hall–Kier alpha value is -0.130. The molecule has 1 N–H and O–H groups in total. The first-order valence-electron chi connectivity index (χ1n) is 7.60. The average Bonchev–Trinajstić information content (AvgIpc) is 2.83. The third-order valence-corrected chi connectivity index (χ3v) is 6.71. The fraction of sp³-hybridized carbons (Fsp3) is 1.00. The van der Waals surface area contributed by atoms with Crippen molar-refractivity contribution in [3.63, 3.8) is 0 Å². The molecule has 1 aliphatic heterocycles. The number of piperidine rings is 1. The van der Waals surface area contributed by atoms with Gasteiger partial charge in [0.15, 0.2) is 0 Å². The first kappa shape index (κ1) is 13.8. The molecule has 5 heteroatoms. The zero-order valence-electron chi connectivity index (χ0n) is 11.7. The van der Waals surface area contributed by atoms with E-state index in [4.69, 9.17) is 0 Å².